The number of hydrogen-bond donors (Lipinski definition) is 4. The van der Waals surface area contributed by atoms with Crippen molar-refractivity contribution < 1.29 is 37.7 Å². The van der Waals surface area contributed by atoms with Crippen LogP contribution in [-0.2, 0) is 11.8 Å². The second-order valence-electron chi connectivity index (χ2n) is 9.26. The fourth-order valence-electron chi connectivity index (χ4n) is 3.97. The topological polar surface area (TPSA) is 100 Å². The number of methoxy groups -OCH3 is 2. The van der Waals surface area contributed by atoms with Crippen molar-refractivity contribution in [3.05, 3.63) is 52.6 Å². The van der Waals surface area contributed by atoms with E-state index in [1.807, 2.05) is 0 Å². The summed E-state index contributed by atoms with van der Waals surface area (Å²) in [6.45, 7) is 5.38. The minimum Gasteiger partial charge on any atom is -0.497 e. The molecule has 0 aliphatic heterocycles. The van der Waals surface area contributed by atoms with Crippen LogP contribution in [0.4, 0.5) is 23.7 Å². The van der Waals surface area contributed by atoms with Crippen molar-refractivity contribution in [1.29, 1.82) is 0 Å². The minimum atomic E-state index is -4.93. The van der Waals surface area contributed by atoms with Gasteiger partial charge in [0.25, 0.3) is 0 Å². The van der Waals surface area contributed by atoms with Crippen molar-refractivity contribution >= 4 is 11.7 Å². The van der Waals surface area contributed by atoms with Gasteiger partial charge >= 0.3 is 12.2 Å². The number of carbonyl (C=O) groups excluding carboxylic acids is 1. The Morgan fingerprint density at radius 1 is 1.12 bits per heavy atom. The number of amides is 2. The maximum absolute atomic E-state index is 13.3. The molecule has 2 aromatic carbocycles. The van der Waals surface area contributed by atoms with Gasteiger partial charge in [0.15, 0.2) is 6.10 Å². The van der Waals surface area contributed by atoms with Crippen LogP contribution >= 0.6 is 0 Å². The highest BCUT2D eigenvalue weighted by Crippen LogP contribution is 2.43. The first kappa shape index (κ1) is 25.6. The Kier molecular flexibility index (Phi) is 7.05. The van der Waals surface area contributed by atoms with E-state index in [9.17, 15) is 28.2 Å². The fourth-order valence-corrected chi connectivity index (χ4v) is 3.97. The first-order chi connectivity index (χ1) is 15.8. The average molecular weight is 482 g/mol. The summed E-state index contributed by atoms with van der Waals surface area (Å²) in [5, 5.41) is 25.8. The second kappa shape index (κ2) is 9.34. The highest BCUT2D eigenvalue weighted by Gasteiger charge is 2.42. The van der Waals surface area contributed by atoms with Crippen LogP contribution in [0.3, 0.4) is 0 Å². The monoisotopic (exact) mass is 482 g/mol. The maximum Gasteiger partial charge on any atom is 0.418 e. The Morgan fingerprint density at radius 2 is 1.79 bits per heavy atom. The zero-order chi connectivity index (χ0) is 25.4. The molecule has 7 nitrogen and oxygen atoms in total. The number of benzene rings is 2. The number of aliphatic hydroxyl groups excluding tert-OH is 2. The van der Waals surface area contributed by atoms with E-state index in [0.717, 1.165) is 12.7 Å². The summed E-state index contributed by atoms with van der Waals surface area (Å²) in [5.74, 6) is 0.273. The van der Waals surface area contributed by atoms with Gasteiger partial charge in [0, 0.05) is 5.56 Å². The molecule has 0 fully saturated rings. The Hall–Kier alpha value is -2.98. The molecule has 0 spiro atoms. The number of rotatable bonds is 5. The Labute approximate surface area is 195 Å². The van der Waals surface area contributed by atoms with Gasteiger partial charge in [-0.05, 0) is 52.8 Å². The van der Waals surface area contributed by atoms with Gasteiger partial charge in [-0.2, -0.15) is 13.2 Å². The van der Waals surface area contributed by atoms with E-state index < -0.39 is 41.4 Å². The molecular weight excluding hydrogens is 453 g/mol. The number of urea groups is 1. The van der Waals surface area contributed by atoms with Crippen molar-refractivity contribution in [1.82, 2.24) is 5.32 Å². The molecule has 1 aliphatic rings. The SMILES string of the molecule is COc1ccc2c(c1)[C@@H](O)[C@@H](NC(=O)Nc1cc(C(C)(C)C)cc([C@@H](O)C(F)(F)F)c1OC)C2. The smallest absolute Gasteiger partial charge is 0.418 e. The minimum absolute atomic E-state index is 0.0302. The zero-order valence-corrected chi connectivity index (χ0v) is 19.6. The van der Waals surface area contributed by atoms with Crippen LogP contribution in [0.5, 0.6) is 11.5 Å². The van der Waals surface area contributed by atoms with Gasteiger partial charge in [-0.15, -0.1) is 0 Å². The number of halogens is 3. The van der Waals surface area contributed by atoms with E-state index in [1.165, 1.54) is 19.2 Å². The molecule has 34 heavy (non-hydrogen) atoms. The summed E-state index contributed by atoms with van der Waals surface area (Å²) >= 11 is 0. The van der Waals surface area contributed by atoms with Crippen LogP contribution in [-0.4, -0.2) is 42.7 Å². The largest absolute Gasteiger partial charge is 0.497 e. The summed E-state index contributed by atoms with van der Waals surface area (Å²) < 4.78 is 50.3. The fraction of sp³-hybridized carbons (Fsp3) is 0.458. The number of aliphatic hydroxyl groups is 2. The van der Waals surface area contributed by atoms with Crippen molar-refractivity contribution in [2.45, 2.75) is 57.0 Å². The number of alkyl halides is 3. The maximum atomic E-state index is 13.3. The van der Waals surface area contributed by atoms with Crippen molar-refractivity contribution in [3.63, 3.8) is 0 Å². The summed E-state index contributed by atoms with van der Waals surface area (Å²) in [6.07, 6.45) is -8.34. The lowest BCUT2D eigenvalue weighted by molar-refractivity contribution is -0.207. The van der Waals surface area contributed by atoms with Gasteiger partial charge in [-0.25, -0.2) is 4.79 Å². The van der Waals surface area contributed by atoms with Crippen LogP contribution in [0.1, 0.15) is 55.2 Å². The number of ether oxygens (including phenoxy) is 2. The number of carbonyl (C=O) groups is 1. The highest BCUT2D eigenvalue weighted by molar-refractivity contribution is 5.92. The molecule has 186 valence electrons. The molecule has 2 amide bonds. The predicted octanol–water partition coefficient (Wildman–Crippen LogP) is 4.38. The lowest BCUT2D eigenvalue weighted by Crippen LogP contribution is -2.40. The second-order valence-corrected chi connectivity index (χ2v) is 9.26. The van der Waals surface area contributed by atoms with Gasteiger partial charge in [0.1, 0.15) is 11.5 Å². The van der Waals surface area contributed by atoms with Crippen molar-refractivity contribution in [2.24, 2.45) is 0 Å². The van der Waals surface area contributed by atoms with Crippen LogP contribution in [0, 0.1) is 0 Å². The number of fused-ring (bicyclic) bond motifs is 1. The number of anilines is 1. The van der Waals surface area contributed by atoms with Gasteiger partial charge in [0.2, 0.25) is 0 Å². The molecule has 3 rings (SSSR count). The third-order valence-electron chi connectivity index (χ3n) is 5.85. The zero-order valence-electron chi connectivity index (χ0n) is 19.6. The average Bonchev–Trinajstić information content (AvgIpc) is 3.05. The standard InChI is InChI=1S/C24H29F3N2O5/c1-23(2,3)13-9-16(21(31)24(25,26)27)20(34-5)18(10-13)29-22(32)28-17-8-12-6-7-14(33-4)11-15(12)19(17)30/h6-7,9-11,17,19,21,30-31H,8H2,1-5H3,(H2,28,29,32)/t17-,19+,21+/m0/s1. The molecule has 0 radical (unpaired) electrons. The van der Waals surface area contributed by atoms with Gasteiger partial charge < -0.3 is 30.3 Å². The number of nitrogens with one attached hydrogen (secondary N) is 2. The normalized spacial score (nSPS) is 18.8. The Morgan fingerprint density at radius 3 is 2.35 bits per heavy atom. The molecule has 0 heterocycles. The molecule has 2 aromatic rings. The Balaban J connectivity index is 1.89. The van der Waals surface area contributed by atoms with Crippen LogP contribution in [0.25, 0.3) is 0 Å². The van der Waals surface area contributed by atoms with Gasteiger partial charge in [-0.3, -0.25) is 0 Å². The van der Waals surface area contributed by atoms with Crippen LogP contribution in [0.2, 0.25) is 0 Å². The highest BCUT2D eigenvalue weighted by atomic mass is 19.4. The summed E-state index contributed by atoms with van der Waals surface area (Å²) in [4.78, 5) is 12.8. The molecule has 0 bridgehead atoms. The van der Waals surface area contributed by atoms with E-state index in [4.69, 9.17) is 9.47 Å². The summed E-state index contributed by atoms with van der Waals surface area (Å²) in [5.41, 5.74) is 0.827. The molecular formula is C24H29F3N2O5. The lowest BCUT2D eigenvalue weighted by Gasteiger charge is -2.26. The molecule has 10 heteroatoms. The third kappa shape index (κ3) is 5.23. The van der Waals surface area contributed by atoms with Crippen molar-refractivity contribution in [3.8, 4) is 11.5 Å². The van der Waals surface area contributed by atoms with E-state index >= 15 is 0 Å². The third-order valence-corrected chi connectivity index (χ3v) is 5.85. The molecule has 1 aliphatic carbocycles. The first-order valence-electron chi connectivity index (χ1n) is 10.7. The van der Waals surface area contributed by atoms with Crippen LogP contribution < -0.4 is 20.1 Å². The lowest BCUT2D eigenvalue weighted by atomic mass is 9.84. The first-order valence-corrected chi connectivity index (χ1v) is 10.7. The molecule has 4 N–H and O–H groups in total. The van der Waals surface area contributed by atoms with E-state index in [0.29, 0.717) is 23.3 Å². The van der Waals surface area contributed by atoms with Gasteiger partial charge in [0.05, 0.1) is 32.1 Å². The molecule has 0 aromatic heterocycles. The molecule has 3 atom stereocenters. The number of hydrogen-bond acceptors (Lipinski definition) is 5. The van der Waals surface area contributed by atoms with Crippen molar-refractivity contribution in [2.75, 3.05) is 19.5 Å². The molecule has 0 saturated heterocycles. The summed E-state index contributed by atoms with van der Waals surface area (Å²) in [6, 6.07) is 6.60. The molecule has 0 unspecified atom stereocenters. The van der Waals surface area contributed by atoms with Crippen LogP contribution in [0.15, 0.2) is 30.3 Å². The Bertz CT molecular complexity index is 1070. The van der Waals surface area contributed by atoms with E-state index in [2.05, 4.69) is 10.6 Å². The van der Waals surface area contributed by atoms with Gasteiger partial charge in [-0.1, -0.05) is 26.8 Å². The molecule has 0 saturated carbocycles. The quantitative estimate of drug-likeness (QED) is 0.507. The summed E-state index contributed by atoms with van der Waals surface area (Å²) in [7, 11) is 2.67. The predicted molar refractivity (Wildman–Crippen MR) is 120 cm³/mol. The van der Waals surface area contributed by atoms with E-state index in [-0.39, 0.29) is 11.4 Å². The van der Waals surface area contributed by atoms with E-state index in [1.54, 1.807) is 39.0 Å².